The molecular weight excluding hydrogens is 212 g/mol. The summed E-state index contributed by atoms with van der Waals surface area (Å²) in [6, 6.07) is 0. The van der Waals surface area contributed by atoms with Gasteiger partial charge in [0.15, 0.2) is 0 Å². The molecule has 0 saturated heterocycles. The van der Waals surface area contributed by atoms with Crippen molar-refractivity contribution in [3.05, 3.63) is 30.6 Å². The Kier molecular flexibility index (Phi) is 47.5. The van der Waals surface area contributed by atoms with Gasteiger partial charge in [0.05, 0.1) is 10.2 Å². The van der Waals surface area contributed by atoms with Crippen molar-refractivity contribution in [3.8, 4) is 0 Å². The van der Waals surface area contributed by atoms with Gasteiger partial charge >= 0.3 is 17.1 Å². The Morgan fingerprint density at radius 1 is 0.818 bits per heavy atom. The van der Waals surface area contributed by atoms with Crippen LogP contribution in [0.4, 0.5) is 0 Å². The Labute approximate surface area is 69.3 Å². The van der Waals surface area contributed by atoms with E-state index in [1.807, 2.05) is 0 Å². The summed E-state index contributed by atoms with van der Waals surface area (Å²) in [4.78, 5) is 16.5. The molecule has 0 rings (SSSR count). The molecule has 0 bridgehead atoms. The van der Waals surface area contributed by atoms with Gasteiger partial charge in [0, 0.05) is 0 Å². The van der Waals surface area contributed by atoms with E-state index in [0.717, 1.165) is 0 Å². The molecule has 0 aliphatic carbocycles. The van der Waals surface area contributed by atoms with Crippen molar-refractivity contribution >= 4 is 0 Å². The molecule has 0 aliphatic heterocycles. The molecule has 0 radical (unpaired) electrons. The number of hydrogen-bond donors (Lipinski definition) is 2. The quantitative estimate of drug-likeness (QED) is 0.235. The van der Waals surface area contributed by atoms with E-state index in [2.05, 4.69) is 0 Å². The first-order valence-electron chi connectivity index (χ1n) is 1.30. The second-order valence-corrected chi connectivity index (χ2v) is 0.447. The van der Waals surface area contributed by atoms with Gasteiger partial charge in [-0.1, -0.05) is 0 Å². The van der Waals surface area contributed by atoms with E-state index in [4.69, 9.17) is 41.2 Å². The van der Waals surface area contributed by atoms with Crippen LogP contribution in [-0.2, 0) is 17.1 Å². The molecule has 0 atom stereocenters. The molecule has 0 fully saturated rings. The Balaban J connectivity index is -0.0000000339. The van der Waals surface area contributed by atoms with Gasteiger partial charge in [-0.25, -0.2) is 0 Å². The molecule has 10 nitrogen and oxygen atoms in total. The Bertz CT molecular complexity index is 70.1. The maximum Gasteiger partial charge on any atom is 2.00 e. The summed E-state index contributed by atoms with van der Waals surface area (Å²) in [5.74, 6) is 0. The normalized spacial score (nSPS) is 4.91. The van der Waals surface area contributed by atoms with Crippen molar-refractivity contribution < 1.29 is 37.8 Å². The van der Waals surface area contributed by atoms with E-state index in [0.29, 0.717) is 0 Å². The monoisotopic (exact) mass is 214 g/mol. The number of hydrogen-bond acceptors (Lipinski definition) is 8. The predicted molar refractivity (Wildman–Crippen MR) is 26.0 cm³/mol. The molecule has 0 aromatic heterocycles. The fourth-order valence-electron chi connectivity index (χ4n) is 0. The first kappa shape index (κ1) is 22.5. The van der Waals surface area contributed by atoms with E-state index < -0.39 is 10.2 Å². The standard InChI is InChI=1S/Fe.2NO3.H2O2/c;2*2-1(3)4;1-2/h;;;1-2H/q+2;2*-1;. The van der Waals surface area contributed by atoms with E-state index >= 15 is 0 Å². The largest absolute Gasteiger partial charge is 2.00 e. The van der Waals surface area contributed by atoms with Gasteiger partial charge in [-0.15, -0.1) is 0 Å². The van der Waals surface area contributed by atoms with Crippen LogP contribution in [0.5, 0.6) is 0 Å². The molecule has 11 heavy (non-hydrogen) atoms. The van der Waals surface area contributed by atoms with Crippen LogP contribution in [0, 0.1) is 30.6 Å². The molecule has 0 heterocycles. The van der Waals surface area contributed by atoms with Crippen LogP contribution in [0.3, 0.4) is 0 Å². The van der Waals surface area contributed by atoms with Crippen molar-refractivity contribution in [1.29, 1.82) is 0 Å². The molecule has 0 saturated carbocycles. The average molecular weight is 214 g/mol. The van der Waals surface area contributed by atoms with Crippen LogP contribution in [0.15, 0.2) is 0 Å². The SMILES string of the molecule is O=[N+]([O-])[O-].O=[N+]([O-])[O-].OO.[Fe+2]. The van der Waals surface area contributed by atoms with E-state index in [1.165, 1.54) is 0 Å². The maximum absolute atomic E-state index is 8.25. The van der Waals surface area contributed by atoms with Crippen LogP contribution < -0.4 is 0 Å². The zero-order valence-electron chi connectivity index (χ0n) is 4.59. The Morgan fingerprint density at radius 3 is 0.818 bits per heavy atom. The van der Waals surface area contributed by atoms with Crippen LogP contribution in [0.25, 0.3) is 0 Å². The Morgan fingerprint density at radius 2 is 0.818 bits per heavy atom. The number of rotatable bonds is 0. The van der Waals surface area contributed by atoms with Gasteiger partial charge in [-0.05, 0) is 0 Å². The molecule has 0 aromatic carbocycles. The third-order valence-corrected chi connectivity index (χ3v) is 0. The topological polar surface area (TPSA) is 173 Å². The van der Waals surface area contributed by atoms with E-state index in [9.17, 15) is 0 Å². The number of nitrogens with zero attached hydrogens (tertiary/aromatic N) is 2. The maximum atomic E-state index is 8.25. The van der Waals surface area contributed by atoms with Crippen molar-refractivity contribution in [3.63, 3.8) is 0 Å². The van der Waals surface area contributed by atoms with Gasteiger partial charge in [0.25, 0.3) is 0 Å². The van der Waals surface area contributed by atoms with Gasteiger partial charge in [0.1, 0.15) is 0 Å². The van der Waals surface area contributed by atoms with Crippen LogP contribution in [0.1, 0.15) is 0 Å². The van der Waals surface area contributed by atoms with Crippen molar-refractivity contribution in [1.82, 2.24) is 0 Å². The molecule has 11 heteroatoms. The minimum Gasteiger partial charge on any atom is -0.356 e. The fourth-order valence-corrected chi connectivity index (χ4v) is 0. The summed E-state index contributed by atoms with van der Waals surface area (Å²) >= 11 is 0. The van der Waals surface area contributed by atoms with Gasteiger partial charge in [0.2, 0.25) is 0 Å². The smallest absolute Gasteiger partial charge is 0.356 e. The fraction of sp³-hybridized carbons (Fsp3) is 0. The van der Waals surface area contributed by atoms with Crippen LogP contribution in [0.2, 0.25) is 0 Å². The molecule has 0 spiro atoms. The van der Waals surface area contributed by atoms with Gasteiger partial charge in [-0.2, -0.15) is 0 Å². The zero-order chi connectivity index (χ0) is 9.15. The summed E-state index contributed by atoms with van der Waals surface area (Å²) in [7, 11) is 0. The van der Waals surface area contributed by atoms with Crippen molar-refractivity contribution in [2.75, 3.05) is 0 Å². The van der Waals surface area contributed by atoms with Gasteiger partial charge in [-0.3, -0.25) is 10.5 Å². The molecule has 0 aliphatic rings. The van der Waals surface area contributed by atoms with Crippen molar-refractivity contribution in [2.24, 2.45) is 0 Å². The minimum atomic E-state index is -1.75. The Hall–Kier alpha value is -1.16. The van der Waals surface area contributed by atoms with E-state index in [1.54, 1.807) is 0 Å². The summed E-state index contributed by atoms with van der Waals surface area (Å²) in [5.41, 5.74) is 0. The predicted octanol–water partition coefficient (Wildman–Crippen LogP) is -0.463. The second kappa shape index (κ2) is 23.2. The van der Waals surface area contributed by atoms with Crippen LogP contribution >= 0.6 is 0 Å². The first-order chi connectivity index (χ1) is 4.46. The summed E-state index contributed by atoms with van der Waals surface area (Å²) < 4.78 is 0. The van der Waals surface area contributed by atoms with Gasteiger partial charge < -0.3 is 30.6 Å². The van der Waals surface area contributed by atoms with Crippen molar-refractivity contribution in [2.45, 2.75) is 0 Å². The molecule has 2 N–H and O–H groups in total. The third kappa shape index (κ3) is 307. The van der Waals surface area contributed by atoms with Crippen LogP contribution in [-0.4, -0.2) is 20.7 Å². The average Bonchev–Trinajstić information content (AvgIpc) is 1.66. The minimum absolute atomic E-state index is 0. The third-order valence-electron chi connectivity index (χ3n) is 0. The summed E-state index contributed by atoms with van der Waals surface area (Å²) in [6.45, 7) is 0. The summed E-state index contributed by atoms with van der Waals surface area (Å²) in [6.07, 6.45) is 0. The molecule has 0 amide bonds. The molecule has 0 unspecified atom stereocenters. The molecular formula is H2FeN2O8. The first-order valence-corrected chi connectivity index (χ1v) is 1.30. The zero-order valence-corrected chi connectivity index (χ0v) is 5.70. The second-order valence-electron chi connectivity index (χ2n) is 0.447. The summed E-state index contributed by atoms with van der Waals surface area (Å²) in [5, 5.41) is 41.5. The molecule has 68 valence electrons. The van der Waals surface area contributed by atoms with E-state index in [-0.39, 0.29) is 17.1 Å². The molecule has 0 aromatic rings.